The topological polar surface area (TPSA) is 32.3 Å². The SMILES string of the molecule is O=C(CCc1ccc(Cl)c(F)c1)N1CCNC[C@H]1C(F)F. The summed E-state index contributed by atoms with van der Waals surface area (Å²) < 4.78 is 39.1. The van der Waals surface area contributed by atoms with E-state index in [1.54, 1.807) is 6.07 Å². The molecule has 21 heavy (non-hydrogen) atoms. The average molecular weight is 321 g/mol. The van der Waals surface area contributed by atoms with Crippen LogP contribution in [0.15, 0.2) is 18.2 Å². The van der Waals surface area contributed by atoms with E-state index >= 15 is 0 Å². The molecule has 3 nitrogen and oxygen atoms in total. The Hall–Kier alpha value is -1.27. The lowest BCUT2D eigenvalue weighted by Crippen LogP contribution is -2.56. The van der Waals surface area contributed by atoms with Crippen molar-refractivity contribution in [2.75, 3.05) is 19.6 Å². The Morgan fingerprint density at radius 3 is 2.90 bits per heavy atom. The first kappa shape index (κ1) is 16.1. The smallest absolute Gasteiger partial charge is 0.259 e. The van der Waals surface area contributed by atoms with Crippen LogP contribution < -0.4 is 5.32 Å². The fraction of sp³-hybridized carbons (Fsp3) is 0.500. The first-order chi connectivity index (χ1) is 9.99. The van der Waals surface area contributed by atoms with Gasteiger partial charge in [-0.15, -0.1) is 0 Å². The fourth-order valence-corrected chi connectivity index (χ4v) is 2.47. The Balaban J connectivity index is 1.95. The van der Waals surface area contributed by atoms with Crippen LogP contribution in [0.4, 0.5) is 13.2 Å². The molecule has 0 unspecified atom stereocenters. The van der Waals surface area contributed by atoms with Crippen LogP contribution in [0.3, 0.4) is 0 Å². The molecule has 1 atom stereocenters. The normalized spacial score (nSPS) is 19.1. The summed E-state index contributed by atoms with van der Waals surface area (Å²) in [5, 5.41) is 2.87. The van der Waals surface area contributed by atoms with Gasteiger partial charge in [-0.2, -0.15) is 0 Å². The highest BCUT2D eigenvalue weighted by Crippen LogP contribution is 2.18. The van der Waals surface area contributed by atoms with Gasteiger partial charge in [-0.25, -0.2) is 13.2 Å². The molecule has 116 valence electrons. The van der Waals surface area contributed by atoms with Crippen molar-refractivity contribution in [3.63, 3.8) is 0 Å². The lowest BCUT2D eigenvalue weighted by Gasteiger charge is -2.35. The number of hydrogen-bond acceptors (Lipinski definition) is 2. The Kier molecular flexibility index (Phi) is 5.47. The molecular weight excluding hydrogens is 305 g/mol. The van der Waals surface area contributed by atoms with Gasteiger partial charge in [0.1, 0.15) is 11.9 Å². The molecule has 1 N–H and O–H groups in total. The molecule has 0 radical (unpaired) electrons. The first-order valence-corrected chi connectivity index (χ1v) is 7.09. The van der Waals surface area contributed by atoms with Gasteiger partial charge in [-0.05, 0) is 24.1 Å². The maximum Gasteiger partial charge on any atom is 0.259 e. The van der Waals surface area contributed by atoms with E-state index in [-0.39, 0.29) is 30.4 Å². The number of benzene rings is 1. The number of carbonyl (C=O) groups is 1. The summed E-state index contributed by atoms with van der Waals surface area (Å²) in [6.07, 6.45) is -2.20. The molecule has 0 aromatic heterocycles. The quantitative estimate of drug-likeness (QED) is 0.924. The van der Waals surface area contributed by atoms with E-state index in [1.165, 1.54) is 17.0 Å². The molecule has 0 spiro atoms. The second-order valence-electron chi connectivity index (χ2n) is 4.94. The van der Waals surface area contributed by atoms with E-state index in [2.05, 4.69) is 5.32 Å². The van der Waals surface area contributed by atoms with Crippen LogP contribution >= 0.6 is 11.6 Å². The predicted molar refractivity (Wildman–Crippen MR) is 74.1 cm³/mol. The Morgan fingerprint density at radius 1 is 1.48 bits per heavy atom. The zero-order valence-electron chi connectivity index (χ0n) is 11.3. The molecule has 1 saturated heterocycles. The van der Waals surface area contributed by atoms with Crippen molar-refractivity contribution in [3.8, 4) is 0 Å². The van der Waals surface area contributed by atoms with Crippen LogP contribution in [0.25, 0.3) is 0 Å². The highest BCUT2D eigenvalue weighted by Gasteiger charge is 2.32. The van der Waals surface area contributed by atoms with Crippen molar-refractivity contribution in [1.82, 2.24) is 10.2 Å². The third kappa shape index (κ3) is 4.11. The van der Waals surface area contributed by atoms with Gasteiger partial charge in [0, 0.05) is 26.1 Å². The van der Waals surface area contributed by atoms with Gasteiger partial charge in [-0.3, -0.25) is 4.79 Å². The third-order valence-electron chi connectivity index (χ3n) is 3.51. The summed E-state index contributed by atoms with van der Waals surface area (Å²) in [7, 11) is 0. The van der Waals surface area contributed by atoms with Gasteiger partial charge in [0.2, 0.25) is 5.91 Å². The van der Waals surface area contributed by atoms with Gasteiger partial charge in [-0.1, -0.05) is 17.7 Å². The van der Waals surface area contributed by atoms with Crippen molar-refractivity contribution in [3.05, 3.63) is 34.6 Å². The van der Waals surface area contributed by atoms with Gasteiger partial charge >= 0.3 is 0 Å². The van der Waals surface area contributed by atoms with Gasteiger partial charge in [0.15, 0.2) is 0 Å². The zero-order valence-corrected chi connectivity index (χ0v) is 12.0. The first-order valence-electron chi connectivity index (χ1n) is 6.71. The van der Waals surface area contributed by atoms with Crippen molar-refractivity contribution < 1.29 is 18.0 Å². The molecule has 1 aromatic rings. The minimum atomic E-state index is -2.57. The maximum absolute atomic E-state index is 13.3. The summed E-state index contributed by atoms with van der Waals surface area (Å²) in [6, 6.07) is 3.22. The largest absolute Gasteiger partial charge is 0.331 e. The lowest BCUT2D eigenvalue weighted by atomic mass is 10.1. The number of alkyl halides is 2. The minimum Gasteiger partial charge on any atom is -0.331 e. The van der Waals surface area contributed by atoms with Crippen molar-refractivity contribution >= 4 is 17.5 Å². The third-order valence-corrected chi connectivity index (χ3v) is 3.81. The highest BCUT2D eigenvalue weighted by molar-refractivity contribution is 6.30. The Morgan fingerprint density at radius 2 is 2.24 bits per heavy atom. The van der Waals surface area contributed by atoms with Crippen LogP contribution in [-0.2, 0) is 11.2 Å². The second kappa shape index (κ2) is 7.13. The Bertz CT molecular complexity index is 513. The molecule has 0 aliphatic carbocycles. The van der Waals surface area contributed by atoms with E-state index in [0.29, 0.717) is 18.5 Å². The van der Waals surface area contributed by atoms with Crippen LogP contribution in [0.1, 0.15) is 12.0 Å². The van der Waals surface area contributed by atoms with Crippen LogP contribution in [0.5, 0.6) is 0 Å². The number of nitrogens with one attached hydrogen (secondary N) is 1. The van der Waals surface area contributed by atoms with Crippen LogP contribution in [0, 0.1) is 5.82 Å². The van der Waals surface area contributed by atoms with E-state index in [4.69, 9.17) is 11.6 Å². The molecule has 0 bridgehead atoms. The fourth-order valence-electron chi connectivity index (χ4n) is 2.35. The van der Waals surface area contributed by atoms with E-state index < -0.39 is 18.3 Å². The number of rotatable bonds is 4. The van der Waals surface area contributed by atoms with Gasteiger partial charge in [0.25, 0.3) is 6.43 Å². The monoisotopic (exact) mass is 320 g/mol. The molecule has 0 saturated carbocycles. The number of amides is 1. The summed E-state index contributed by atoms with van der Waals surface area (Å²) in [5.41, 5.74) is 0.619. The molecular formula is C14H16ClF3N2O. The number of piperazine rings is 1. The van der Waals surface area contributed by atoms with E-state index in [9.17, 15) is 18.0 Å². The molecule has 1 heterocycles. The van der Waals surface area contributed by atoms with Crippen molar-refractivity contribution in [1.29, 1.82) is 0 Å². The van der Waals surface area contributed by atoms with Gasteiger partial charge in [0.05, 0.1) is 5.02 Å². The minimum absolute atomic E-state index is 0.0185. The van der Waals surface area contributed by atoms with Crippen LogP contribution in [0.2, 0.25) is 5.02 Å². The standard InChI is InChI=1S/C14H16ClF3N2O/c15-10-3-1-9(7-11(10)16)2-4-13(21)20-6-5-19-8-12(20)14(17)18/h1,3,7,12,14,19H,2,4-6,8H2/t12-/m0/s1. The van der Waals surface area contributed by atoms with E-state index in [1.807, 2.05) is 0 Å². The molecule has 1 aromatic carbocycles. The highest BCUT2D eigenvalue weighted by atomic mass is 35.5. The average Bonchev–Trinajstić information content (AvgIpc) is 2.48. The van der Waals surface area contributed by atoms with Crippen LogP contribution in [-0.4, -0.2) is 42.9 Å². The van der Waals surface area contributed by atoms with Crippen molar-refractivity contribution in [2.45, 2.75) is 25.3 Å². The summed E-state index contributed by atoms with van der Waals surface area (Å²) in [4.78, 5) is 13.3. The molecule has 1 aliphatic rings. The Labute approximate surface area is 126 Å². The van der Waals surface area contributed by atoms with E-state index in [0.717, 1.165) is 0 Å². The zero-order chi connectivity index (χ0) is 15.4. The molecule has 1 fully saturated rings. The summed E-state index contributed by atoms with van der Waals surface area (Å²) in [5.74, 6) is -0.883. The summed E-state index contributed by atoms with van der Waals surface area (Å²) >= 11 is 5.58. The van der Waals surface area contributed by atoms with Crippen molar-refractivity contribution in [2.24, 2.45) is 0 Å². The van der Waals surface area contributed by atoms with Gasteiger partial charge < -0.3 is 10.2 Å². The summed E-state index contributed by atoms with van der Waals surface area (Å²) in [6.45, 7) is 0.867. The number of nitrogens with zero attached hydrogens (tertiary/aromatic N) is 1. The number of halogens is 4. The molecule has 1 amide bonds. The number of carbonyl (C=O) groups excluding carboxylic acids is 1. The number of hydrogen-bond donors (Lipinski definition) is 1. The number of aryl methyl sites for hydroxylation is 1. The molecule has 1 aliphatic heterocycles. The molecule has 7 heteroatoms. The molecule has 2 rings (SSSR count). The lowest BCUT2D eigenvalue weighted by molar-refractivity contribution is -0.138. The maximum atomic E-state index is 13.3. The predicted octanol–water partition coefficient (Wildman–Crippen LogP) is 2.48. The second-order valence-corrected chi connectivity index (χ2v) is 5.35.